The van der Waals surface area contributed by atoms with Crippen molar-refractivity contribution in [1.29, 1.82) is 0 Å². The predicted molar refractivity (Wildman–Crippen MR) is 270 cm³/mol. The van der Waals surface area contributed by atoms with E-state index in [-0.39, 0.29) is 18.3 Å². The SMILES string of the molecule is CCOc1c(CON(CC)c2ccccc2)cc2ccccc2c1N=Nc1ccc2c(c1)C(=O)c1cc(N=Nc3c(OCC)c(C(=O)N(CC)c4ccccc4)cc4ccccc34)cc(Br)c1-2. The summed E-state index contributed by atoms with van der Waals surface area (Å²) < 4.78 is 13.2. The molecule has 67 heavy (non-hydrogen) atoms. The summed E-state index contributed by atoms with van der Waals surface area (Å²) in [6.45, 7) is 9.84. The van der Waals surface area contributed by atoms with E-state index < -0.39 is 0 Å². The van der Waals surface area contributed by atoms with Gasteiger partial charge in [0.2, 0.25) is 0 Å². The molecule has 8 aromatic rings. The van der Waals surface area contributed by atoms with Gasteiger partial charge in [-0.05, 0) is 105 Å². The van der Waals surface area contributed by atoms with Crippen molar-refractivity contribution in [3.63, 3.8) is 0 Å². The summed E-state index contributed by atoms with van der Waals surface area (Å²) in [4.78, 5) is 36.6. The summed E-state index contributed by atoms with van der Waals surface area (Å²) in [5.41, 5.74) is 7.36. The van der Waals surface area contributed by atoms with Gasteiger partial charge in [0.25, 0.3) is 5.91 Å². The molecule has 0 spiro atoms. The minimum atomic E-state index is -0.217. The largest absolute Gasteiger partial charge is 0.491 e. The van der Waals surface area contributed by atoms with Gasteiger partial charge in [0, 0.05) is 56.3 Å². The molecule has 0 N–H and O–H groups in total. The Labute approximate surface area is 397 Å². The van der Waals surface area contributed by atoms with E-state index in [4.69, 9.17) is 29.7 Å². The van der Waals surface area contributed by atoms with Crippen molar-refractivity contribution in [1.82, 2.24) is 0 Å². The van der Waals surface area contributed by atoms with Gasteiger partial charge in [0.1, 0.15) is 18.0 Å². The Kier molecular flexibility index (Phi) is 13.3. The normalized spacial score (nSPS) is 12.0. The Morgan fingerprint density at radius 1 is 0.567 bits per heavy atom. The van der Waals surface area contributed by atoms with Crippen molar-refractivity contribution in [2.75, 3.05) is 36.3 Å². The second-order valence-electron chi connectivity index (χ2n) is 15.6. The van der Waals surface area contributed by atoms with Crippen LogP contribution in [-0.2, 0) is 11.4 Å². The average Bonchev–Trinajstić information content (AvgIpc) is 3.64. The lowest BCUT2D eigenvalue weighted by Gasteiger charge is -2.23. The highest BCUT2D eigenvalue weighted by molar-refractivity contribution is 9.10. The van der Waals surface area contributed by atoms with Crippen LogP contribution in [0.4, 0.5) is 34.1 Å². The molecule has 9 rings (SSSR count). The number of carbonyl (C=O) groups is 2. The summed E-state index contributed by atoms with van der Waals surface area (Å²) in [5.74, 6) is 0.527. The predicted octanol–water partition coefficient (Wildman–Crippen LogP) is 15.2. The molecule has 0 unspecified atom stereocenters. The van der Waals surface area contributed by atoms with E-state index in [1.807, 2.05) is 166 Å². The van der Waals surface area contributed by atoms with Crippen LogP contribution in [0.1, 0.15) is 59.5 Å². The lowest BCUT2D eigenvalue weighted by atomic mass is 10.0. The van der Waals surface area contributed by atoms with E-state index in [0.29, 0.717) is 81.7 Å². The maximum atomic E-state index is 14.3. The molecule has 12 heteroatoms. The third kappa shape index (κ3) is 8.93. The molecule has 0 atom stereocenters. The fourth-order valence-corrected chi connectivity index (χ4v) is 9.15. The zero-order valence-electron chi connectivity index (χ0n) is 37.6. The van der Waals surface area contributed by atoms with E-state index in [9.17, 15) is 9.59 Å². The summed E-state index contributed by atoms with van der Waals surface area (Å²) in [6, 6.07) is 48.2. The van der Waals surface area contributed by atoms with Gasteiger partial charge in [-0.1, -0.05) is 107 Å². The average molecular weight is 952 g/mol. The molecule has 0 saturated carbocycles. The first-order valence-corrected chi connectivity index (χ1v) is 23.2. The van der Waals surface area contributed by atoms with Crippen molar-refractivity contribution in [2.24, 2.45) is 20.5 Å². The van der Waals surface area contributed by atoms with Gasteiger partial charge in [0.05, 0.1) is 35.8 Å². The molecule has 0 saturated heterocycles. The molecule has 11 nitrogen and oxygen atoms in total. The zero-order chi connectivity index (χ0) is 46.4. The minimum absolute atomic E-state index is 0.174. The third-order valence-electron chi connectivity index (χ3n) is 11.5. The summed E-state index contributed by atoms with van der Waals surface area (Å²) >= 11 is 3.75. The number of anilines is 2. The monoisotopic (exact) mass is 950 g/mol. The Balaban J connectivity index is 1.03. The molecule has 0 bridgehead atoms. The number of fused-ring (bicyclic) bond motifs is 5. The molecule has 334 valence electrons. The fourth-order valence-electron chi connectivity index (χ4n) is 8.49. The van der Waals surface area contributed by atoms with Crippen LogP contribution < -0.4 is 19.4 Å². The maximum Gasteiger partial charge on any atom is 0.262 e. The number of ketones is 1. The Hall–Kier alpha value is -7.54. The molecular formula is C55H47BrN6O5. The molecule has 0 radical (unpaired) electrons. The number of nitrogens with zero attached hydrogens (tertiary/aromatic N) is 6. The Morgan fingerprint density at radius 2 is 1.15 bits per heavy atom. The number of hydrogen-bond donors (Lipinski definition) is 0. The maximum absolute atomic E-state index is 14.3. The van der Waals surface area contributed by atoms with Crippen molar-refractivity contribution in [3.05, 3.63) is 178 Å². The molecule has 0 aliphatic heterocycles. The molecule has 0 heterocycles. The number of para-hydroxylation sites is 2. The van der Waals surface area contributed by atoms with Gasteiger partial charge in [-0.2, -0.15) is 10.2 Å². The Bertz CT molecular complexity index is 3210. The minimum Gasteiger partial charge on any atom is -0.491 e. The van der Waals surface area contributed by atoms with E-state index >= 15 is 0 Å². The number of ether oxygens (including phenoxy) is 2. The lowest BCUT2D eigenvalue weighted by Crippen LogP contribution is -2.31. The van der Waals surface area contributed by atoms with Crippen LogP contribution >= 0.6 is 15.9 Å². The molecular weight excluding hydrogens is 905 g/mol. The zero-order valence-corrected chi connectivity index (χ0v) is 39.2. The van der Waals surface area contributed by atoms with E-state index in [1.165, 1.54) is 0 Å². The van der Waals surface area contributed by atoms with Gasteiger partial charge in [-0.3, -0.25) is 19.5 Å². The lowest BCUT2D eigenvalue weighted by molar-refractivity contribution is 0.0953. The second-order valence-corrected chi connectivity index (χ2v) is 16.5. The standard InChI is InChI=1S/C55H47BrN6O5/c1-5-61(40-21-11-9-12-22-40)55(64)47-30-36-20-16-18-26-43(36)51(54(47)66-8-4)60-58-39-32-46-49(48(56)33-39)44-28-27-38(31-45(44)52(46)63)57-59-50-42-25-17-15-19-35(42)29-37(53(50)65-7-3)34-67-62(6-2)41-23-13-10-14-24-41/h9-33H,5-8,34H2,1-4H3. The van der Waals surface area contributed by atoms with Gasteiger partial charge >= 0.3 is 0 Å². The number of halogens is 1. The summed E-state index contributed by atoms with van der Waals surface area (Å²) in [6.07, 6.45) is 0. The molecule has 1 aliphatic rings. The molecule has 1 aliphatic carbocycles. The van der Waals surface area contributed by atoms with Crippen molar-refractivity contribution < 1.29 is 23.9 Å². The number of carbonyl (C=O) groups excluding carboxylic acids is 2. The fraction of sp³-hybridized carbons (Fsp3) is 0.164. The first-order valence-electron chi connectivity index (χ1n) is 22.4. The van der Waals surface area contributed by atoms with Crippen LogP contribution in [0.15, 0.2) is 177 Å². The summed E-state index contributed by atoms with van der Waals surface area (Å²) in [7, 11) is 0. The van der Waals surface area contributed by atoms with Crippen LogP contribution in [-0.4, -0.2) is 38.0 Å². The number of azo groups is 2. The highest BCUT2D eigenvalue weighted by Gasteiger charge is 2.30. The first-order chi connectivity index (χ1) is 32.8. The number of rotatable bonds is 16. The second kappa shape index (κ2) is 19.9. The van der Waals surface area contributed by atoms with Crippen LogP contribution in [0, 0.1) is 0 Å². The smallest absolute Gasteiger partial charge is 0.262 e. The summed E-state index contributed by atoms with van der Waals surface area (Å²) in [5, 5.41) is 24.2. The number of amides is 1. The van der Waals surface area contributed by atoms with Crippen molar-refractivity contribution in [3.8, 4) is 22.6 Å². The topological polar surface area (TPSA) is 118 Å². The number of hydrogen-bond acceptors (Lipinski definition) is 10. The molecule has 0 fully saturated rings. The molecule has 1 amide bonds. The van der Waals surface area contributed by atoms with E-state index in [1.54, 1.807) is 17.0 Å². The number of hydroxylamine groups is 1. The molecule has 0 aromatic heterocycles. The highest BCUT2D eigenvalue weighted by Crippen LogP contribution is 2.47. The van der Waals surface area contributed by atoms with E-state index in [2.05, 4.69) is 27.1 Å². The van der Waals surface area contributed by atoms with Crippen LogP contribution in [0.3, 0.4) is 0 Å². The van der Waals surface area contributed by atoms with Crippen LogP contribution in [0.25, 0.3) is 32.7 Å². The first kappa shape index (κ1) is 44.7. The van der Waals surface area contributed by atoms with Crippen LogP contribution in [0.5, 0.6) is 11.5 Å². The third-order valence-corrected chi connectivity index (χ3v) is 12.2. The van der Waals surface area contributed by atoms with Crippen LogP contribution in [0.2, 0.25) is 0 Å². The van der Waals surface area contributed by atoms with Crippen molar-refractivity contribution >= 4 is 83.3 Å². The highest BCUT2D eigenvalue weighted by atomic mass is 79.9. The molecule has 8 aromatic carbocycles. The quantitative estimate of drug-likeness (QED) is 0.0703. The number of benzene rings is 8. The van der Waals surface area contributed by atoms with Gasteiger partial charge < -0.3 is 14.4 Å². The Morgan fingerprint density at radius 3 is 1.81 bits per heavy atom. The van der Waals surface area contributed by atoms with Crippen molar-refractivity contribution in [2.45, 2.75) is 34.3 Å². The van der Waals surface area contributed by atoms with E-state index in [0.717, 1.165) is 49.6 Å². The van der Waals surface area contributed by atoms with Gasteiger partial charge in [0.15, 0.2) is 17.3 Å². The van der Waals surface area contributed by atoms with Gasteiger partial charge in [-0.25, -0.2) is 0 Å². The van der Waals surface area contributed by atoms with Gasteiger partial charge in [-0.15, -0.1) is 10.2 Å².